The molecule has 0 fully saturated rings. The van der Waals surface area contributed by atoms with E-state index in [1.54, 1.807) is 0 Å². The Hall–Kier alpha value is -1.63. The maximum absolute atomic E-state index is 13.5. The van der Waals surface area contributed by atoms with Crippen molar-refractivity contribution in [2.45, 2.75) is 12.5 Å². The number of hydrogen-bond acceptors (Lipinski definition) is 4. The molecule has 1 amide bonds. The van der Waals surface area contributed by atoms with E-state index < -0.39 is 35.1 Å². The van der Waals surface area contributed by atoms with Crippen molar-refractivity contribution in [2.75, 3.05) is 19.1 Å². The Morgan fingerprint density at radius 3 is 2.45 bits per heavy atom. The predicted molar refractivity (Wildman–Crippen MR) is 72.6 cm³/mol. The summed E-state index contributed by atoms with van der Waals surface area (Å²) in [7, 11) is 1.18. The number of thioether (sulfide) groups is 1. The first kappa shape index (κ1) is 16.4. The van der Waals surface area contributed by atoms with E-state index in [9.17, 15) is 18.4 Å². The quantitative estimate of drug-likeness (QED) is 0.817. The van der Waals surface area contributed by atoms with E-state index in [-0.39, 0.29) is 0 Å². The molecule has 1 unspecified atom stereocenters. The summed E-state index contributed by atoms with van der Waals surface area (Å²) >= 11 is 1.48. The van der Waals surface area contributed by atoms with Gasteiger partial charge >= 0.3 is 5.97 Å². The van der Waals surface area contributed by atoms with Gasteiger partial charge in [-0.1, -0.05) is 6.07 Å². The van der Waals surface area contributed by atoms with E-state index in [1.165, 1.54) is 18.9 Å². The van der Waals surface area contributed by atoms with E-state index in [0.717, 1.165) is 18.2 Å². The molecule has 1 N–H and O–H groups in total. The normalized spacial score (nSPS) is 11.8. The molecule has 0 saturated carbocycles. The third kappa shape index (κ3) is 4.19. The molecule has 0 radical (unpaired) electrons. The second kappa shape index (κ2) is 7.84. The van der Waals surface area contributed by atoms with Crippen molar-refractivity contribution in [3.63, 3.8) is 0 Å². The van der Waals surface area contributed by atoms with Crippen LogP contribution in [0.3, 0.4) is 0 Å². The van der Waals surface area contributed by atoms with Gasteiger partial charge in [0.25, 0.3) is 5.91 Å². The van der Waals surface area contributed by atoms with Crippen LogP contribution in [-0.2, 0) is 9.53 Å². The Kier molecular flexibility index (Phi) is 6.44. The van der Waals surface area contributed by atoms with Gasteiger partial charge in [0.05, 0.1) is 7.11 Å². The van der Waals surface area contributed by atoms with Gasteiger partial charge in [-0.2, -0.15) is 11.8 Å². The fourth-order valence-corrected chi connectivity index (χ4v) is 2.04. The van der Waals surface area contributed by atoms with Crippen LogP contribution in [0.2, 0.25) is 0 Å². The summed E-state index contributed by atoms with van der Waals surface area (Å²) in [4.78, 5) is 23.4. The predicted octanol–water partition coefficient (Wildman–Crippen LogP) is 1.99. The molecule has 0 aliphatic carbocycles. The Bertz CT molecular complexity index is 476. The van der Waals surface area contributed by atoms with Crippen molar-refractivity contribution in [2.24, 2.45) is 0 Å². The van der Waals surface area contributed by atoms with Gasteiger partial charge in [0, 0.05) is 0 Å². The van der Waals surface area contributed by atoms with E-state index in [1.807, 2.05) is 6.26 Å². The van der Waals surface area contributed by atoms with E-state index in [0.29, 0.717) is 12.2 Å². The van der Waals surface area contributed by atoms with Gasteiger partial charge < -0.3 is 10.1 Å². The highest BCUT2D eigenvalue weighted by atomic mass is 32.2. The van der Waals surface area contributed by atoms with Crippen LogP contribution in [0, 0.1) is 11.6 Å². The first-order valence-electron chi connectivity index (χ1n) is 5.83. The highest BCUT2D eigenvalue weighted by molar-refractivity contribution is 7.98. The summed E-state index contributed by atoms with van der Waals surface area (Å²) in [5.41, 5.74) is -0.703. The molecule has 110 valence electrons. The van der Waals surface area contributed by atoms with Crippen molar-refractivity contribution in [1.29, 1.82) is 0 Å². The van der Waals surface area contributed by atoms with Crippen LogP contribution in [0.15, 0.2) is 18.2 Å². The summed E-state index contributed by atoms with van der Waals surface area (Å²) < 4.78 is 31.5. The minimum atomic E-state index is -0.976. The maximum atomic E-state index is 13.5. The molecule has 0 heterocycles. The van der Waals surface area contributed by atoms with Gasteiger partial charge in [-0.25, -0.2) is 13.6 Å². The van der Waals surface area contributed by atoms with Gasteiger partial charge in [0.1, 0.15) is 23.2 Å². The zero-order valence-corrected chi connectivity index (χ0v) is 11.9. The number of esters is 1. The number of nitrogens with one attached hydrogen (secondary N) is 1. The summed E-state index contributed by atoms with van der Waals surface area (Å²) in [6, 6.07) is 2.19. The molecule has 0 bridgehead atoms. The molecule has 0 aliphatic heterocycles. The number of ether oxygens (including phenoxy) is 1. The lowest BCUT2D eigenvalue weighted by Crippen LogP contribution is -2.42. The summed E-state index contributed by atoms with van der Waals surface area (Å²) in [6.07, 6.45) is 2.16. The largest absolute Gasteiger partial charge is 0.467 e. The van der Waals surface area contributed by atoms with Crippen LogP contribution in [0.25, 0.3) is 0 Å². The Morgan fingerprint density at radius 1 is 1.35 bits per heavy atom. The van der Waals surface area contributed by atoms with E-state index in [4.69, 9.17) is 0 Å². The van der Waals surface area contributed by atoms with Crippen molar-refractivity contribution in [1.82, 2.24) is 5.32 Å². The number of amides is 1. The van der Waals surface area contributed by atoms with Gasteiger partial charge in [0.15, 0.2) is 0 Å². The number of carbonyl (C=O) groups is 2. The van der Waals surface area contributed by atoms with E-state index >= 15 is 0 Å². The first-order chi connectivity index (χ1) is 9.51. The fraction of sp³-hybridized carbons (Fsp3) is 0.385. The topological polar surface area (TPSA) is 55.4 Å². The second-order valence-electron chi connectivity index (χ2n) is 3.93. The third-order valence-electron chi connectivity index (χ3n) is 2.59. The maximum Gasteiger partial charge on any atom is 0.328 e. The highest BCUT2D eigenvalue weighted by Crippen LogP contribution is 2.13. The number of hydrogen-bond donors (Lipinski definition) is 1. The van der Waals surface area contributed by atoms with E-state index in [2.05, 4.69) is 10.1 Å². The molecule has 4 nitrogen and oxygen atoms in total. The number of halogens is 2. The first-order valence-corrected chi connectivity index (χ1v) is 7.22. The average molecular weight is 303 g/mol. The lowest BCUT2D eigenvalue weighted by atomic mass is 10.1. The Labute approximate surface area is 119 Å². The zero-order chi connectivity index (χ0) is 15.1. The van der Waals surface area contributed by atoms with Gasteiger partial charge in [-0.3, -0.25) is 4.79 Å². The van der Waals surface area contributed by atoms with Gasteiger partial charge in [-0.05, 0) is 30.6 Å². The molecule has 20 heavy (non-hydrogen) atoms. The molecular weight excluding hydrogens is 288 g/mol. The lowest BCUT2D eigenvalue weighted by molar-refractivity contribution is -0.142. The van der Waals surface area contributed by atoms with Crippen LogP contribution in [0.4, 0.5) is 8.78 Å². The molecule has 1 aromatic rings. The monoisotopic (exact) mass is 303 g/mol. The van der Waals surface area contributed by atoms with Crippen molar-refractivity contribution >= 4 is 23.6 Å². The molecule has 1 atom stereocenters. The van der Waals surface area contributed by atoms with Gasteiger partial charge in [-0.15, -0.1) is 0 Å². The SMILES string of the molecule is COC(=O)C(CCSC)NC(=O)c1c(F)cccc1F. The molecule has 0 aliphatic rings. The summed E-state index contributed by atoms with van der Waals surface area (Å²) in [6.45, 7) is 0. The molecule has 7 heteroatoms. The standard InChI is InChI=1S/C13H15F2NO3S/c1-19-13(18)10(6-7-20-2)16-12(17)11-8(14)4-3-5-9(11)15/h3-5,10H,6-7H2,1-2H3,(H,16,17). The van der Waals surface area contributed by atoms with Crippen LogP contribution in [0.5, 0.6) is 0 Å². The highest BCUT2D eigenvalue weighted by Gasteiger charge is 2.24. The molecule has 0 spiro atoms. The Morgan fingerprint density at radius 2 is 1.95 bits per heavy atom. The van der Waals surface area contributed by atoms with Crippen LogP contribution in [0.1, 0.15) is 16.8 Å². The Balaban J connectivity index is 2.87. The minimum absolute atomic E-state index is 0.315. The van der Waals surface area contributed by atoms with Gasteiger partial charge in [0.2, 0.25) is 0 Å². The number of benzene rings is 1. The number of rotatable bonds is 6. The molecule has 0 aromatic heterocycles. The smallest absolute Gasteiger partial charge is 0.328 e. The summed E-state index contributed by atoms with van der Waals surface area (Å²) in [5, 5.41) is 2.29. The second-order valence-corrected chi connectivity index (χ2v) is 4.91. The van der Waals surface area contributed by atoms with Crippen molar-refractivity contribution < 1.29 is 23.1 Å². The molecule has 1 aromatic carbocycles. The fourth-order valence-electron chi connectivity index (χ4n) is 1.57. The average Bonchev–Trinajstić information content (AvgIpc) is 2.42. The zero-order valence-electron chi connectivity index (χ0n) is 11.1. The third-order valence-corrected chi connectivity index (χ3v) is 3.24. The molecule has 0 saturated heterocycles. The molecule has 1 rings (SSSR count). The van der Waals surface area contributed by atoms with Crippen LogP contribution < -0.4 is 5.32 Å². The van der Waals surface area contributed by atoms with Crippen molar-refractivity contribution in [3.05, 3.63) is 35.4 Å². The van der Waals surface area contributed by atoms with Crippen LogP contribution >= 0.6 is 11.8 Å². The van der Waals surface area contributed by atoms with Crippen molar-refractivity contribution in [3.8, 4) is 0 Å². The number of methoxy groups -OCH3 is 1. The number of carbonyl (C=O) groups excluding carboxylic acids is 2. The van der Waals surface area contributed by atoms with Crippen LogP contribution in [-0.4, -0.2) is 37.0 Å². The lowest BCUT2D eigenvalue weighted by Gasteiger charge is -2.16. The minimum Gasteiger partial charge on any atom is -0.467 e. The molecular formula is C13H15F2NO3S. The summed E-state index contributed by atoms with van der Waals surface area (Å²) in [5.74, 6) is -2.98.